The molecule has 42 heavy (non-hydrogen) atoms. The van der Waals surface area contributed by atoms with Gasteiger partial charge >= 0.3 is 0 Å². The molecular formula is C31H36Cl2N6O3. The number of amides is 2. The van der Waals surface area contributed by atoms with Crippen LogP contribution in [0.5, 0.6) is 5.75 Å². The van der Waals surface area contributed by atoms with Gasteiger partial charge in [-0.15, -0.1) is 24.8 Å². The monoisotopic (exact) mass is 610 g/mol. The van der Waals surface area contributed by atoms with Gasteiger partial charge in [0.2, 0.25) is 5.95 Å². The summed E-state index contributed by atoms with van der Waals surface area (Å²) < 4.78 is 5.59. The number of rotatable bonds is 5. The summed E-state index contributed by atoms with van der Waals surface area (Å²) >= 11 is 0. The summed E-state index contributed by atoms with van der Waals surface area (Å²) in [5.41, 5.74) is 5.14. The van der Waals surface area contributed by atoms with E-state index in [1.807, 2.05) is 41.3 Å². The highest BCUT2D eigenvalue weighted by Gasteiger charge is 2.24. The lowest BCUT2D eigenvalue weighted by atomic mass is 10.1. The molecule has 3 aromatic carbocycles. The largest absolute Gasteiger partial charge is 0.496 e. The first-order valence-electron chi connectivity index (χ1n) is 13.8. The number of piperazine rings is 1. The molecular weight excluding hydrogens is 575 g/mol. The fraction of sp³-hybridized carbons (Fsp3) is 0.323. The number of para-hydroxylation sites is 2. The molecule has 1 aromatic heterocycles. The number of halogens is 2. The minimum Gasteiger partial charge on any atom is -0.496 e. The number of hydrogen-bond acceptors (Lipinski definition) is 6. The van der Waals surface area contributed by atoms with Crippen LogP contribution in [-0.2, 0) is 6.42 Å². The van der Waals surface area contributed by atoms with Crippen molar-refractivity contribution in [3.63, 3.8) is 0 Å². The van der Waals surface area contributed by atoms with Gasteiger partial charge in [-0.25, -0.2) is 4.98 Å². The summed E-state index contributed by atoms with van der Waals surface area (Å²) in [6, 6.07) is 18.8. The molecule has 11 heteroatoms. The molecule has 0 atom stereocenters. The van der Waals surface area contributed by atoms with E-state index in [1.165, 1.54) is 12.7 Å². The number of imidazole rings is 1. The number of anilines is 3. The van der Waals surface area contributed by atoms with Gasteiger partial charge in [0.15, 0.2) is 0 Å². The van der Waals surface area contributed by atoms with Gasteiger partial charge in [-0.05, 0) is 68.3 Å². The zero-order chi connectivity index (χ0) is 27.6. The number of carbonyl (C=O) groups is 2. The van der Waals surface area contributed by atoms with E-state index in [0.717, 1.165) is 62.6 Å². The fourth-order valence-corrected chi connectivity index (χ4v) is 5.55. The first-order valence-corrected chi connectivity index (χ1v) is 13.8. The lowest BCUT2D eigenvalue weighted by Crippen LogP contribution is -2.44. The quantitative estimate of drug-likeness (QED) is 0.314. The van der Waals surface area contributed by atoms with E-state index < -0.39 is 0 Å². The van der Waals surface area contributed by atoms with Gasteiger partial charge in [0.05, 0.1) is 23.9 Å². The number of nitrogens with zero attached hydrogens (tertiary/aromatic N) is 4. The van der Waals surface area contributed by atoms with Crippen molar-refractivity contribution < 1.29 is 14.3 Å². The van der Waals surface area contributed by atoms with Gasteiger partial charge < -0.3 is 29.7 Å². The third kappa shape index (κ3) is 6.18. The van der Waals surface area contributed by atoms with E-state index in [2.05, 4.69) is 33.2 Å². The Morgan fingerprint density at radius 1 is 0.929 bits per heavy atom. The van der Waals surface area contributed by atoms with E-state index in [0.29, 0.717) is 34.6 Å². The predicted octanol–water partition coefficient (Wildman–Crippen LogP) is 5.40. The van der Waals surface area contributed by atoms with Crippen molar-refractivity contribution in [2.45, 2.75) is 19.3 Å². The summed E-state index contributed by atoms with van der Waals surface area (Å²) in [5.74, 6) is 0.726. The Labute approximate surface area is 258 Å². The minimum absolute atomic E-state index is 0. The van der Waals surface area contributed by atoms with Gasteiger partial charge in [-0.1, -0.05) is 24.3 Å². The second kappa shape index (κ2) is 13.5. The SMILES string of the molecule is COc1cc(C(=O)N2CCCCc3ccccc32)ccc1C(=O)Nc1cccc2[nH]c(N3CCN(C)CC3)nc12.Cl.Cl. The maximum absolute atomic E-state index is 13.6. The molecule has 0 spiro atoms. The Morgan fingerprint density at radius 3 is 2.50 bits per heavy atom. The first-order chi connectivity index (χ1) is 19.5. The first kappa shape index (κ1) is 31.2. The molecule has 1 fully saturated rings. The summed E-state index contributed by atoms with van der Waals surface area (Å²) in [4.78, 5) is 41.6. The van der Waals surface area contributed by atoms with Gasteiger partial charge in [-0.3, -0.25) is 9.59 Å². The smallest absolute Gasteiger partial charge is 0.259 e. The van der Waals surface area contributed by atoms with Crippen LogP contribution < -0.4 is 19.9 Å². The normalized spacial score (nSPS) is 15.2. The highest BCUT2D eigenvalue weighted by atomic mass is 35.5. The van der Waals surface area contributed by atoms with Gasteiger partial charge in [0.25, 0.3) is 11.8 Å². The van der Waals surface area contributed by atoms with E-state index in [1.54, 1.807) is 18.2 Å². The summed E-state index contributed by atoms with van der Waals surface area (Å²) in [7, 11) is 3.63. The Balaban J connectivity index is 0.00000202. The molecule has 0 aliphatic carbocycles. The molecule has 222 valence electrons. The van der Waals surface area contributed by atoms with Gasteiger partial charge in [-0.2, -0.15) is 0 Å². The van der Waals surface area contributed by atoms with Gasteiger partial charge in [0.1, 0.15) is 11.3 Å². The van der Waals surface area contributed by atoms with Crippen molar-refractivity contribution in [2.24, 2.45) is 0 Å². The molecule has 3 heterocycles. The molecule has 2 N–H and O–H groups in total. The summed E-state index contributed by atoms with van der Waals surface area (Å²) in [6.45, 7) is 4.39. The van der Waals surface area contributed by atoms with E-state index >= 15 is 0 Å². The van der Waals surface area contributed by atoms with Crippen LogP contribution >= 0.6 is 24.8 Å². The molecule has 2 aliphatic heterocycles. The van der Waals surface area contributed by atoms with E-state index in [-0.39, 0.29) is 36.6 Å². The van der Waals surface area contributed by atoms with Crippen LogP contribution in [-0.4, -0.2) is 73.6 Å². The number of ether oxygens (including phenoxy) is 1. The van der Waals surface area contributed by atoms with Crippen molar-refractivity contribution in [3.05, 3.63) is 77.4 Å². The van der Waals surface area contributed by atoms with Crippen molar-refractivity contribution in [1.29, 1.82) is 0 Å². The topological polar surface area (TPSA) is 93.8 Å². The van der Waals surface area contributed by atoms with Crippen LogP contribution in [0.15, 0.2) is 60.7 Å². The Bertz CT molecular complexity index is 1570. The zero-order valence-corrected chi connectivity index (χ0v) is 25.4. The van der Waals surface area contributed by atoms with Crippen LogP contribution in [0.2, 0.25) is 0 Å². The highest BCUT2D eigenvalue weighted by molar-refractivity contribution is 6.11. The van der Waals surface area contributed by atoms with Crippen LogP contribution in [0.4, 0.5) is 17.3 Å². The summed E-state index contributed by atoms with van der Waals surface area (Å²) in [6.07, 6.45) is 2.94. The Kier molecular flexibility index (Phi) is 9.98. The van der Waals surface area contributed by atoms with Crippen molar-refractivity contribution in [1.82, 2.24) is 14.9 Å². The number of likely N-dealkylation sites (N-methyl/N-ethyl adjacent to an activating group) is 1. The van der Waals surface area contributed by atoms with E-state index in [9.17, 15) is 9.59 Å². The molecule has 0 saturated carbocycles. The number of fused-ring (bicyclic) bond motifs is 2. The van der Waals surface area contributed by atoms with Crippen molar-refractivity contribution in [3.8, 4) is 5.75 Å². The number of aryl methyl sites for hydroxylation is 1. The second-order valence-corrected chi connectivity index (χ2v) is 10.5. The molecule has 2 amide bonds. The maximum atomic E-state index is 13.6. The molecule has 6 rings (SSSR count). The second-order valence-electron chi connectivity index (χ2n) is 10.5. The third-order valence-electron chi connectivity index (χ3n) is 7.85. The molecule has 4 aromatic rings. The maximum Gasteiger partial charge on any atom is 0.259 e. The molecule has 0 unspecified atom stereocenters. The minimum atomic E-state index is -0.326. The average Bonchev–Trinajstić information content (AvgIpc) is 3.31. The van der Waals surface area contributed by atoms with Crippen molar-refractivity contribution >= 4 is 65.0 Å². The number of hydrogen-bond donors (Lipinski definition) is 2. The highest BCUT2D eigenvalue weighted by Crippen LogP contribution is 2.30. The third-order valence-corrected chi connectivity index (χ3v) is 7.85. The molecule has 0 radical (unpaired) electrons. The van der Waals surface area contributed by atoms with Crippen LogP contribution in [0.1, 0.15) is 39.1 Å². The van der Waals surface area contributed by atoms with Gasteiger partial charge in [0, 0.05) is 44.0 Å². The molecule has 2 aliphatic rings. The number of carbonyl (C=O) groups excluding carboxylic acids is 2. The Hall–Kier alpha value is -3.79. The number of methoxy groups -OCH3 is 1. The molecule has 1 saturated heterocycles. The number of H-pyrrole nitrogens is 1. The van der Waals surface area contributed by atoms with E-state index in [4.69, 9.17) is 9.72 Å². The van der Waals surface area contributed by atoms with Crippen LogP contribution in [0, 0.1) is 0 Å². The molecule has 9 nitrogen and oxygen atoms in total. The number of benzene rings is 3. The molecule has 0 bridgehead atoms. The van der Waals surface area contributed by atoms with Crippen LogP contribution in [0.3, 0.4) is 0 Å². The number of nitrogens with one attached hydrogen (secondary N) is 2. The fourth-order valence-electron chi connectivity index (χ4n) is 5.55. The lowest BCUT2D eigenvalue weighted by Gasteiger charge is -2.32. The summed E-state index contributed by atoms with van der Waals surface area (Å²) in [5, 5.41) is 3.01. The van der Waals surface area contributed by atoms with Crippen LogP contribution in [0.25, 0.3) is 11.0 Å². The Morgan fingerprint density at radius 2 is 1.71 bits per heavy atom. The average molecular weight is 612 g/mol. The zero-order valence-electron chi connectivity index (χ0n) is 23.8. The van der Waals surface area contributed by atoms with Crippen molar-refractivity contribution in [2.75, 3.05) is 62.0 Å². The standard InChI is InChI=1S/C31H34N6O3.2ClH/c1-35-16-18-36(19-17-35)31-33-25-11-7-10-24(28(25)34-31)32-29(38)23-14-13-22(20-27(23)40-2)30(39)37-15-6-5-9-21-8-3-4-12-26(21)37;;/h3-4,7-8,10-14,20H,5-6,9,15-19H2,1-2H3,(H,32,38)(H,33,34);2*1H. The lowest BCUT2D eigenvalue weighted by molar-refractivity contribution is 0.0982. The number of aromatic amines is 1. The predicted molar refractivity (Wildman–Crippen MR) is 172 cm³/mol. The number of aromatic nitrogens is 2.